The van der Waals surface area contributed by atoms with Gasteiger partial charge in [-0.2, -0.15) is 0 Å². The summed E-state index contributed by atoms with van der Waals surface area (Å²) in [6, 6.07) is 1.45. The van der Waals surface area contributed by atoms with Gasteiger partial charge in [0, 0.05) is 11.3 Å². The average Bonchev–Trinajstić information content (AvgIpc) is 2.17. The number of carbonyl (C=O) groups is 1. The van der Waals surface area contributed by atoms with Gasteiger partial charge in [0.15, 0.2) is 0 Å². The molecule has 0 aliphatic rings. The van der Waals surface area contributed by atoms with Gasteiger partial charge in [-0.15, -0.1) is 13.2 Å². The molecule has 1 aromatic carbocycles. The van der Waals surface area contributed by atoms with Crippen LogP contribution in [0.2, 0.25) is 0 Å². The fraction of sp³-hybridized carbons (Fsp3) is 0.222. The molecule has 0 heterocycles. The zero-order valence-electron chi connectivity index (χ0n) is 8.36. The molecule has 0 saturated carbocycles. The third kappa shape index (κ3) is 3.52. The standard InChI is InChI=1S/C9H9F3N2O3/c10-9(11,12)17-6-2-1-4(13)3-5(6)7(14)8(15)16/h1-3,7H,13-14H2,(H,15,16)/t7-/m0/s1. The van der Waals surface area contributed by atoms with Gasteiger partial charge in [-0.25, -0.2) is 0 Å². The number of aliphatic carboxylic acids is 1. The van der Waals surface area contributed by atoms with Crippen LogP contribution in [-0.2, 0) is 4.79 Å². The van der Waals surface area contributed by atoms with Crippen LogP contribution in [0.25, 0.3) is 0 Å². The van der Waals surface area contributed by atoms with Crippen LogP contribution in [-0.4, -0.2) is 17.4 Å². The number of benzene rings is 1. The van der Waals surface area contributed by atoms with Gasteiger partial charge < -0.3 is 21.3 Å². The van der Waals surface area contributed by atoms with E-state index in [1.165, 1.54) is 0 Å². The lowest BCUT2D eigenvalue weighted by Gasteiger charge is -2.15. The van der Waals surface area contributed by atoms with Crippen LogP contribution in [0, 0.1) is 0 Å². The second-order valence-electron chi connectivity index (χ2n) is 3.16. The zero-order valence-corrected chi connectivity index (χ0v) is 8.36. The Morgan fingerprint density at radius 1 is 1.41 bits per heavy atom. The van der Waals surface area contributed by atoms with Gasteiger partial charge in [-0.1, -0.05) is 0 Å². The molecule has 0 fully saturated rings. The Hall–Kier alpha value is -1.96. The van der Waals surface area contributed by atoms with Crippen molar-refractivity contribution in [2.45, 2.75) is 12.4 Å². The molecule has 0 radical (unpaired) electrons. The highest BCUT2D eigenvalue weighted by atomic mass is 19.4. The maximum atomic E-state index is 12.0. The molecule has 0 spiro atoms. The highest BCUT2D eigenvalue weighted by molar-refractivity contribution is 5.77. The van der Waals surface area contributed by atoms with Crippen LogP contribution in [0.4, 0.5) is 18.9 Å². The van der Waals surface area contributed by atoms with Crippen LogP contribution >= 0.6 is 0 Å². The molecule has 0 aromatic heterocycles. The van der Waals surface area contributed by atoms with Crippen LogP contribution in [0.5, 0.6) is 5.75 Å². The minimum atomic E-state index is -4.93. The number of nitrogens with two attached hydrogens (primary N) is 2. The molecule has 1 atom stereocenters. The molecule has 0 aliphatic carbocycles. The third-order valence-electron chi connectivity index (χ3n) is 1.86. The second-order valence-corrected chi connectivity index (χ2v) is 3.16. The summed E-state index contributed by atoms with van der Waals surface area (Å²) in [4.78, 5) is 10.6. The third-order valence-corrected chi connectivity index (χ3v) is 1.86. The Morgan fingerprint density at radius 2 is 2.00 bits per heavy atom. The molecule has 5 N–H and O–H groups in total. The van der Waals surface area contributed by atoms with Gasteiger partial charge >= 0.3 is 12.3 Å². The number of ether oxygens (including phenoxy) is 1. The fourth-order valence-corrected chi connectivity index (χ4v) is 1.16. The van der Waals surface area contributed by atoms with Gasteiger partial charge in [-0.3, -0.25) is 4.79 Å². The van der Waals surface area contributed by atoms with Crippen LogP contribution in [0.15, 0.2) is 18.2 Å². The Kier molecular flexibility index (Phi) is 3.47. The van der Waals surface area contributed by atoms with Crippen LogP contribution in [0.1, 0.15) is 11.6 Å². The van der Waals surface area contributed by atoms with E-state index in [0.29, 0.717) is 0 Å². The van der Waals surface area contributed by atoms with Crippen LogP contribution in [0.3, 0.4) is 0 Å². The molecular formula is C9H9F3N2O3. The first-order valence-corrected chi connectivity index (χ1v) is 4.34. The summed E-state index contributed by atoms with van der Waals surface area (Å²) in [6.45, 7) is 0. The maximum Gasteiger partial charge on any atom is 0.573 e. The van der Waals surface area contributed by atoms with Crippen LogP contribution < -0.4 is 16.2 Å². The minimum absolute atomic E-state index is 0.0891. The highest BCUT2D eigenvalue weighted by Gasteiger charge is 2.33. The largest absolute Gasteiger partial charge is 0.573 e. The van der Waals surface area contributed by atoms with Gasteiger partial charge in [-0.05, 0) is 18.2 Å². The number of halogens is 3. The van der Waals surface area contributed by atoms with Gasteiger partial charge in [0.1, 0.15) is 11.8 Å². The number of rotatable bonds is 3. The summed E-state index contributed by atoms with van der Waals surface area (Å²) >= 11 is 0. The second kappa shape index (κ2) is 4.50. The summed E-state index contributed by atoms with van der Waals surface area (Å²) < 4.78 is 39.8. The number of hydrogen-bond donors (Lipinski definition) is 3. The van der Waals surface area contributed by atoms with Crippen molar-refractivity contribution < 1.29 is 27.8 Å². The van der Waals surface area contributed by atoms with E-state index in [1.807, 2.05) is 0 Å². The van der Waals surface area contributed by atoms with Crippen molar-refractivity contribution in [1.29, 1.82) is 0 Å². The monoisotopic (exact) mass is 250 g/mol. The van der Waals surface area contributed by atoms with E-state index in [2.05, 4.69) is 4.74 Å². The van der Waals surface area contributed by atoms with Crippen molar-refractivity contribution in [3.05, 3.63) is 23.8 Å². The van der Waals surface area contributed by atoms with E-state index >= 15 is 0 Å². The van der Waals surface area contributed by atoms with E-state index < -0.39 is 24.1 Å². The summed E-state index contributed by atoms with van der Waals surface area (Å²) in [7, 11) is 0. The molecule has 1 rings (SSSR count). The molecule has 0 amide bonds. The lowest BCUT2D eigenvalue weighted by atomic mass is 10.1. The quantitative estimate of drug-likeness (QED) is 0.701. The molecule has 94 valence electrons. The smallest absolute Gasteiger partial charge is 0.480 e. The normalized spacial score (nSPS) is 13.2. The first kappa shape index (κ1) is 13.1. The van der Waals surface area contributed by atoms with Crippen molar-refractivity contribution in [1.82, 2.24) is 0 Å². The minimum Gasteiger partial charge on any atom is -0.480 e. The highest BCUT2D eigenvalue weighted by Crippen LogP contribution is 2.31. The molecule has 17 heavy (non-hydrogen) atoms. The SMILES string of the molecule is Nc1ccc(OC(F)(F)F)c([C@H](N)C(=O)O)c1. The number of anilines is 1. The predicted molar refractivity (Wildman–Crippen MR) is 52.1 cm³/mol. The lowest BCUT2D eigenvalue weighted by molar-refractivity contribution is -0.275. The summed E-state index contributed by atoms with van der Waals surface area (Å²) in [6.07, 6.45) is -4.93. The van der Waals surface area contributed by atoms with E-state index in [1.54, 1.807) is 0 Å². The molecule has 0 saturated heterocycles. The van der Waals surface area contributed by atoms with Crippen molar-refractivity contribution in [2.24, 2.45) is 5.73 Å². The average molecular weight is 250 g/mol. The molecule has 0 unspecified atom stereocenters. The van der Waals surface area contributed by atoms with E-state index in [0.717, 1.165) is 18.2 Å². The summed E-state index contributed by atoms with van der Waals surface area (Å²) in [5, 5.41) is 8.65. The van der Waals surface area contributed by atoms with Gasteiger partial charge in [0.25, 0.3) is 0 Å². The predicted octanol–water partition coefficient (Wildman–Crippen LogP) is 1.25. The Bertz CT molecular complexity index is 434. The van der Waals surface area contributed by atoms with Crippen molar-refractivity contribution in [3.63, 3.8) is 0 Å². The van der Waals surface area contributed by atoms with Crippen molar-refractivity contribution >= 4 is 11.7 Å². The van der Waals surface area contributed by atoms with E-state index in [9.17, 15) is 18.0 Å². The topological polar surface area (TPSA) is 98.6 Å². The summed E-state index contributed by atoms with van der Waals surface area (Å²) in [5.74, 6) is -2.16. The maximum absolute atomic E-state index is 12.0. The van der Waals surface area contributed by atoms with Gasteiger partial charge in [0.05, 0.1) is 0 Å². The molecule has 0 bridgehead atoms. The van der Waals surface area contributed by atoms with Gasteiger partial charge in [0.2, 0.25) is 0 Å². The Balaban J connectivity index is 3.17. The first-order chi connectivity index (χ1) is 7.70. The zero-order chi connectivity index (χ0) is 13.2. The molecular weight excluding hydrogens is 241 g/mol. The Labute approximate surface area is 93.8 Å². The van der Waals surface area contributed by atoms with Crippen molar-refractivity contribution in [2.75, 3.05) is 5.73 Å². The first-order valence-electron chi connectivity index (χ1n) is 4.34. The number of carboxylic acid groups (broad SMARTS) is 1. The Morgan fingerprint density at radius 3 is 2.47 bits per heavy atom. The molecule has 0 aliphatic heterocycles. The fourth-order valence-electron chi connectivity index (χ4n) is 1.16. The molecule has 8 heteroatoms. The lowest BCUT2D eigenvalue weighted by Crippen LogP contribution is -2.24. The summed E-state index contributed by atoms with van der Waals surface area (Å²) in [5.41, 5.74) is 10.3. The van der Waals surface area contributed by atoms with Crippen molar-refractivity contribution in [3.8, 4) is 5.75 Å². The number of carboxylic acids is 1. The van der Waals surface area contributed by atoms with E-state index in [-0.39, 0.29) is 11.3 Å². The molecule has 1 aromatic rings. The van der Waals surface area contributed by atoms with E-state index in [4.69, 9.17) is 16.6 Å². The molecule has 5 nitrogen and oxygen atoms in total. The number of nitrogen functional groups attached to an aromatic ring is 1. The number of hydrogen-bond acceptors (Lipinski definition) is 4. The number of alkyl halides is 3.